The fourth-order valence-electron chi connectivity index (χ4n) is 3.54. The largest absolute Gasteiger partial charge is 0.507 e. The number of carbonyl (C=O) groups is 1. The average molecular weight is 368 g/mol. The second kappa shape index (κ2) is 9.62. The van der Waals surface area contributed by atoms with Gasteiger partial charge in [0.25, 0.3) is 5.91 Å². The number of aryl methyl sites for hydroxylation is 1. The summed E-state index contributed by atoms with van der Waals surface area (Å²) in [6.07, 6.45) is 2.74. The minimum absolute atomic E-state index is 0.0433. The molecule has 0 aromatic heterocycles. The van der Waals surface area contributed by atoms with E-state index in [-0.39, 0.29) is 23.5 Å². The van der Waals surface area contributed by atoms with E-state index in [2.05, 4.69) is 17.1 Å². The van der Waals surface area contributed by atoms with E-state index in [9.17, 15) is 14.3 Å². The number of likely N-dealkylation sites (tertiary alicyclic amines) is 1. The van der Waals surface area contributed by atoms with E-state index in [1.807, 2.05) is 0 Å². The maximum atomic E-state index is 12.8. The monoisotopic (exact) mass is 368 g/mol. The SMILES string of the molecule is CCN1CCC[C@H]1CNC(=O)c1c(O)c(CCCF)cc(OC)c1OC. The zero-order valence-corrected chi connectivity index (χ0v) is 15.8. The van der Waals surface area contributed by atoms with Gasteiger partial charge in [0.1, 0.15) is 11.3 Å². The third kappa shape index (κ3) is 4.38. The number of hydrogen-bond acceptors (Lipinski definition) is 5. The summed E-state index contributed by atoms with van der Waals surface area (Å²) in [6.45, 7) is 4.10. The minimum Gasteiger partial charge on any atom is -0.507 e. The van der Waals surface area contributed by atoms with E-state index in [0.717, 1.165) is 25.9 Å². The minimum atomic E-state index is -0.496. The van der Waals surface area contributed by atoms with Crippen molar-refractivity contribution in [2.75, 3.05) is 40.5 Å². The molecular weight excluding hydrogens is 339 g/mol. The Bertz CT molecular complexity index is 624. The number of halogens is 1. The van der Waals surface area contributed by atoms with E-state index in [0.29, 0.717) is 30.3 Å². The normalized spacial score (nSPS) is 17.3. The lowest BCUT2D eigenvalue weighted by Crippen LogP contribution is -2.40. The second-order valence-electron chi connectivity index (χ2n) is 6.42. The van der Waals surface area contributed by atoms with Crippen LogP contribution < -0.4 is 14.8 Å². The molecule has 2 rings (SSSR count). The van der Waals surface area contributed by atoms with Gasteiger partial charge in [-0.05, 0) is 50.4 Å². The van der Waals surface area contributed by atoms with Gasteiger partial charge in [-0.15, -0.1) is 0 Å². The van der Waals surface area contributed by atoms with Crippen LogP contribution in [0.4, 0.5) is 4.39 Å². The van der Waals surface area contributed by atoms with Crippen LogP contribution in [0.15, 0.2) is 6.07 Å². The number of nitrogens with zero attached hydrogens (tertiary/aromatic N) is 1. The fraction of sp³-hybridized carbons (Fsp3) is 0.632. The lowest BCUT2D eigenvalue weighted by atomic mass is 10.0. The number of nitrogens with one attached hydrogen (secondary N) is 1. The first-order valence-corrected chi connectivity index (χ1v) is 9.12. The van der Waals surface area contributed by atoms with Crippen LogP contribution in [0.5, 0.6) is 17.2 Å². The highest BCUT2D eigenvalue weighted by Crippen LogP contribution is 2.40. The van der Waals surface area contributed by atoms with Crippen LogP contribution in [-0.4, -0.2) is 62.5 Å². The van der Waals surface area contributed by atoms with Gasteiger partial charge >= 0.3 is 0 Å². The number of phenols is 1. The summed E-state index contributed by atoms with van der Waals surface area (Å²) in [4.78, 5) is 15.1. The molecule has 1 aliphatic rings. The van der Waals surface area contributed by atoms with Gasteiger partial charge in [-0.3, -0.25) is 14.1 Å². The van der Waals surface area contributed by atoms with E-state index >= 15 is 0 Å². The van der Waals surface area contributed by atoms with Gasteiger partial charge < -0.3 is 19.9 Å². The number of carbonyl (C=O) groups excluding carboxylic acids is 1. The Labute approximate surface area is 154 Å². The Morgan fingerprint density at radius 3 is 2.81 bits per heavy atom. The Morgan fingerprint density at radius 2 is 2.19 bits per heavy atom. The maximum absolute atomic E-state index is 12.8. The molecule has 2 N–H and O–H groups in total. The van der Waals surface area contributed by atoms with Crippen molar-refractivity contribution in [1.82, 2.24) is 10.2 Å². The summed E-state index contributed by atoms with van der Waals surface area (Å²) in [7, 11) is 2.89. The Balaban J connectivity index is 2.25. The van der Waals surface area contributed by atoms with Gasteiger partial charge in [0.15, 0.2) is 11.5 Å². The van der Waals surface area contributed by atoms with Crippen molar-refractivity contribution in [2.45, 2.75) is 38.6 Å². The number of methoxy groups -OCH3 is 2. The molecule has 7 heteroatoms. The first-order valence-electron chi connectivity index (χ1n) is 9.12. The number of likely N-dealkylation sites (N-methyl/N-ethyl adjacent to an activating group) is 1. The number of ether oxygens (including phenoxy) is 2. The zero-order valence-electron chi connectivity index (χ0n) is 15.8. The lowest BCUT2D eigenvalue weighted by Gasteiger charge is -2.23. The molecule has 0 saturated carbocycles. The summed E-state index contributed by atoms with van der Waals surface area (Å²) in [5.74, 6) is -0.0549. The quantitative estimate of drug-likeness (QED) is 0.701. The molecule has 1 aromatic carbocycles. The zero-order chi connectivity index (χ0) is 19.1. The van der Waals surface area contributed by atoms with Gasteiger partial charge in [0.05, 0.1) is 20.9 Å². The third-order valence-corrected chi connectivity index (χ3v) is 4.93. The molecule has 6 nitrogen and oxygen atoms in total. The van der Waals surface area contributed by atoms with Gasteiger partial charge in [0.2, 0.25) is 0 Å². The molecule has 0 unspecified atom stereocenters. The molecular formula is C19H29FN2O4. The van der Waals surface area contributed by atoms with Crippen LogP contribution in [0, 0.1) is 0 Å². The number of alkyl halides is 1. The van der Waals surface area contributed by atoms with E-state index in [1.54, 1.807) is 6.07 Å². The molecule has 1 aromatic rings. The summed E-state index contributed by atoms with van der Waals surface area (Å²) in [6, 6.07) is 1.89. The van der Waals surface area contributed by atoms with Crippen LogP contribution in [0.1, 0.15) is 42.1 Å². The molecule has 0 spiro atoms. The van der Waals surface area contributed by atoms with Crippen molar-refractivity contribution in [3.63, 3.8) is 0 Å². The summed E-state index contributed by atoms with van der Waals surface area (Å²) in [5.41, 5.74) is 0.517. The topological polar surface area (TPSA) is 71.0 Å². The highest BCUT2D eigenvalue weighted by Gasteiger charge is 2.27. The lowest BCUT2D eigenvalue weighted by molar-refractivity contribution is 0.0934. The number of hydrogen-bond donors (Lipinski definition) is 2. The standard InChI is InChI=1S/C19H29FN2O4/c1-4-22-10-6-8-14(22)12-21-19(24)16-17(23)13(7-5-9-20)11-15(25-2)18(16)26-3/h11,14,23H,4-10,12H2,1-3H3,(H,21,24)/t14-/m0/s1. The van der Waals surface area contributed by atoms with Crippen molar-refractivity contribution in [3.05, 3.63) is 17.2 Å². The molecule has 1 aliphatic heterocycles. The van der Waals surface area contributed by atoms with Crippen molar-refractivity contribution in [2.24, 2.45) is 0 Å². The first-order chi connectivity index (χ1) is 12.6. The number of amides is 1. The predicted molar refractivity (Wildman–Crippen MR) is 98.1 cm³/mol. The summed E-state index contributed by atoms with van der Waals surface area (Å²) >= 11 is 0. The fourth-order valence-corrected chi connectivity index (χ4v) is 3.54. The number of phenolic OH excluding ortho intramolecular Hbond substituents is 1. The van der Waals surface area contributed by atoms with Gasteiger partial charge in [-0.1, -0.05) is 6.92 Å². The molecule has 146 valence electrons. The molecule has 0 aliphatic carbocycles. The molecule has 1 saturated heterocycles. The predicted octanol–water partition coefficient (Wildman–Crippen LogP) is 2.53. The summed E-state index contributed by atoms with van der Waals surface area (Å²) in [5, 5.41) is 13.5. The average Bonchev–Trinajstić information content (AvgIpc) is 3.12. The summed E-state index contributed by atoms with van der Waals surface area (Å²) < 4.78 is 23.1. The highest BCUT2D eigenvalue weighted by atomic mass is 19.1. The number of aromatic hydroxyl groups is 1. The second-order valence-corrected chi connectivity index (χ2v) is 6.42. The molecule has 0 radical (unpaired) electrons. The molecule has 1 heterocycles. The van der Waals surface area contributed by atoms with Crippen molar-refractivity contribution >= 4 is 5.91 Å². The van der Waals surface area contributed by atoms with E-state index in [1.165, 1.54) is 14.2 Å². The van der Waals surface area contributed by atoms with Crippen LogP contribution >= 0.6 is 0 Å². The van der Waals surface area contributed by atoms with Crippen LogP contribution in [0.3, 0.4) is 0 Å². The molecule has 26 heavy (non-hydrogen) atoms. The van der Waals surface area contributed by atoms with Gasteiger partial charge in [0, 0.05) is 12.6 Å². The first kappa shape index (κ1) is 20.3. The van der Waals surface area contributed by atoms with Crippen LogP contribution in [0.25, 0.3) is 0 Å². The van der Waals surface area contributed by atoms with Crippen molar-refractivity contribution in [1.29, 1.82) is 0 Å². The third-order valence-electron chi connectivity index (χ3n) is 4.93. The van der Waals surface area contributed by atoms with Crippen molar-refractivity contribution in [3.8, 4) is 17.2 Å². The Kier molecular flexibility index (Phi) is 7.50. The number of benzene rings is 1. The molecule has 1 amide bonds. The highest BCUT2D eigenvalue weighted by molar-refractivity contribution is 6.01. The van der Waals surface area contributed by atoms with Crippen molar-refractivity contribution < 1.29 is 23.8 Å². The van der Waals surface area contributed by atoms with E-state index in [4.69, 9.17) is 9.47 Å². The van der Waals surface area contributed by atoms with E-state index < -0.39 is 12.6 Å². The molecule has 1 fully saturated rings. The number of rotatable bonds is 9. The van der Waals surface area contributed by atoms with Crippen LogP contribution in [-0.2, 0) is 6.42 Å². The van der Waals surface area contributed by atoms with Crippen LogP contribution in [0.2, 0.25) is 0 Å². The maximum Gasteiger partial charge on any atom is 0.259 e. The smallest absolute Gasteiger partial charge is 0.259 e. The van der Waals surface area contributed by atoms with Gasteiger partial charge in [-0.2, -0.15) is 0 Å². The Hall–Kier alpha value is -2.02. The molecule has 0 bridgehead atoms. The Morgan fingerprint density at radius 1 is 1.42 bits per heavy atom. The van der Waals surface area contributed by atoms with Gasteiger partial charge in [-0.25, -0.2) is 0 Å². The molecule has 1 atom stereocenters.